The van der Waals surface area contributed by atoms with Crippen molar-refractivity contribution in [2.24, 2.45) is 0 Å². The molecule has 7 heteroatoms. The van der Waals surface area contributed by atoms with Gasteiger partial charge in [-0.25, -0.2) is 9.37 Å². The molecule has 1 aliphatic rings. The second kappa shape index (κ2) is 9.60. The number of aryl methyl sites for hydroxylation is 1. The van der Waals surface area contributed by atoms with E-state index in [1.807, 2.05) is 48.2 Å². The van der Waals surface area contributed by atoms with E-state index in [1.165, 1.54) is 12.1 Å². The van der Waals surface area contributed by atoms with Gasteiger partial charge in [0.2, 0.25) is 5.91 Å². The van der Waals surface area contributed by atoms with Gasteiger partial charge in [-0.15, -0.1) is 0 Å². The zero-order valence-electron chi connectivity index (χ0n) is 17.9. The molecule has 32 heavy (non-hydrogen) atoms. The van der Waals surface area contributed by atoms with Crippen LogP contribution in [0.15, 0.2) is 66.9 Å². The molecule has 6 nitrogen and oxygen atoms in total. The molecule has 3 aromatic rings. The van der Waals surface area contributed by atoms with Gasteiger partial charge in [0.1, 0.15) is 11.6 Å². The summed E-state index contributed by atoms with van der Waals surface area (Å²) in [6.07, 6.45) is 1.79. The topological polar surface area (TPSA) is 65.5 Å². The van der Waals surface area contributed by atoms with Crippen molar-refractivity contribution >= 4 is 23.3 Å². The summed E-state index contributed by atoms with van der Waals surface area (Å²) in [6.45, 7) is 4.60. The number of anilines is 2. The molecule has 0 aliphatic carbocycles. The van der Waals surface area contributed by atoms with Crippen LogP contribution in [0.5, 0.6) is 0 Å². The summed E-state index contributed by atoms with van der Waals surface area (Å²) in [4.78, 5) is 33.5. The van der Waals surface area contributed by atoms with Crippen LogP contribution in [0.25, 0.3) is 0 Å². The number of hydrogen-bond donors (Lipinski definition) is 1. The number of pyridine rings is 1. The average Bonchev–Trinajstić information content (AvgIpc) is 2.81. The lowest BCUT2D eigenvalue weighted by Gasteiger charge is -2.35. The summed E-state index contributed by atoms with van der Waals surface area (Å²) in [7, 11) is 0. The Labute approximate surface area is 186 Å². The number of hydrogen-bond acceptors (Lipinski definition) is 4. The maximum Gasteiger partial charge on any atom is 0.254 e. The Bertz CT molecular complexity index is 1090. The van der Waals surface area contributed by atoms with Crippen LogP contribution in [0, 0.1) is 12.7 Å². The minimum absolute atomic E-state index is 0.0647. The number of amides is 2. The zero-order chi connectivity index (χ0) is 22.5. The molecule has 164 valence electrons. The summed E-state index contributed by atoms with van der Waals surface area (Å²) in [5.74, 6) is 0.364. The molecule has 4 rings (SSSR count). The normalized spacial score (nSPS) is 13.7. The lowest BCUT2D eigenvalue weighted by atomic mass is 10.1. The standard InChI is InChI=1S/C25H25FN4O2/c1-18-4-2-3-5-22(18)25(32)30-14-12-29(13-15-30)23-11-10-21(17-27-23)28-24(31)16-19-6-8-20(26)9-7-19/h2-11,17H,12-16H2,1H3,(H,28,31). The number of nitrogens with one attached hydrogen (secondary N) is 1. The molecule has 0 spiro atoms. The fourth-order valence-corrected chi connectivity index (χ4v) is 3.76. The lowest BCUT2D eigenvalue weighted by Crippen LogP contribution is -2.49. The van der Waals surface area contributed by atoms with Gasteiger partial charge in [-0.1, -0.05) is 30.3 Å². The van der Waals surface area contributed by atoms with Crippen LogP contribution in [0.2, 0.25) is 0 Å². The summed E-state index contributed by atoms with van der Waals surface area (Å²) in [5.41, 5.74) is 3.08. The summed E-state index contributed by atoms with van der Waals surface area (Å²) in [5, 5.41) is 2.81. The highest BCUT2D eigenvalue weighted by Gasteiger charge is 2.23. The number of carbonyl (C=O) groups is 2. The van der Waals surface area contributed by atoms with Crippen LogP contribution in [-0.4, -0.2) is 47.9 Å². The molecule has 1 aliphatic heterocycles. The summed E-state index contributed by atoms with van der Waals surface area (Å²) in [6, 6.07) is 17.2. The molecule has 1 N–H and O–H groups in total. The van der Waals surface area contributed by atoms with E-state index in [9.17, 15) is 14.0 Å². The van der Waals surface area contributed by atoms with E-state index in [2.05, 4.69) is 15.2 Å². The van der Waals surface area contributed by atoms with E-state index in [4.69, 9.17) is 0 Å². The van der Waals surface area contributed by atoms with Crippen molar-refractivity contribution in [3.05, 3.63) is 89.4 Å². The Kier molecular flexibility index (Phi) is 6.44. The van der Waals surface area contributed by atoms with E-state index in [0.717, 1.165) is 22.5 Å². The molecule has 0 bridgehead atoms. The highest BCUT2D eigenvalue weighted by atomic mass is 19.1. The van der Waals surface area contributed by atoms with E-state index in [-0.39, 0.29) is 24.1 Å². The molecule has 0 saturated carbocycles. The molecule has 1 saturated heterocycles. The minimum Gasteiger partial charge on any atom is -0.353 e. The van der Waals surface area contributed by atoms with Crippen LogP contribution >= 0.6 is 0 Å². The van der Waals surface area contributed by atoms with Gasteiger partial charge < -0.3 is 15.1 Å². The Hall–Kier alpha value is -3.74. The smallest absolute Gasteiger partial charge is 0.254 e. The van der Waals surface area contributed by atoms with Gasteiger partial charge in [0.05, 0.1) is 18.3 Å². The van der Waals surface area contributed by atoms with Crippen molar-refractivity contribution in [1.29, 1.82) is 0 Å². The third-order valence-corrected chi connectivity index (χ3v) is 5.58. The third kappa shape index (κ3) is 5.11. The average molecular weight is 432 g/mol. The Morgan fingerprint density at radius 2 is 1.69 bits per heavy atom. The summed E-state index contributed by atoms with van der Waals surface area (Å²) < 4.78 is 13.0. The Morgan fingerprint density at radius 3 is 2.34 bits per heavy atom. The molecule has 2 amide bonds. The van der Waals surface area contributed by atoms with Gasteiger partial charge in [0.15, 0.2) is 0 Å². The van der Waals surface area contributed by atoms with Crippen molar-refractivity contribution in [2.45, 2.75) is 13.3 Å². The highest BCUT2D eigenvalue weighted by molar-refractivity contribution is 5.95. The second-order valence-corrected chi connectivity index (χ2v) is 7.85. The number of carbonyl (C=O) groups excluding carboxylic acids is 2. The largest absolute Gasteiger partial charge is 0.353 e. The number of rotatable bonds is 5. The van der Waals surface area contributed by atoms with E-state index in [0.29, 0.717) is 31.9 Å². The fourth-order valence-electron chi connectivity index (χ4n) is 3.76. The van der Waals surface area contributed by atoms with Crippen LogP contribution < -0.4 is 10.2 Å². The van der Waals surface area contributed by atoms with Crippen molar-refractivity contribution in [3.63, 3.8) is 0 Å². The number of benzene rings is 2. The molecular formula is C25H25FN4O2. The van der Waals surface area contributed by atoms with Gasteiger partial charge in [-0.05, 0) is 48.4 Å². The predicted molar refractivity (Wildman–Crippen MR) is 122 cm³/mol. The number of piperazine rings is 1. The first-order chi connectivity index (χ1) is 15.5. The first kappa shape index (κ1) is 21.5. The fraction of sp³-hybridized carbons (Fsp3) is 0.240. The Balaban J connectivity index is 1.30. The maximum absolute atomic E-state index is 13.0. The van der Waals surface area contributed by atoms with Gasteiger partial charge >= 0.3 is 0 Å². The monoisotopic (exact) mass is 432 g/mol. The maximum atomic E-state index is 13.0. The van der Waals surface area contributed by atoms with Crippen LogP contribution in [0.4, 0.5) is 15.9 Å². The number of nitrogens with zero attached hydrogens (tertiary/aromatic N) is 3. The van der Waals surface area contributed by atoms with Gasteiger partial charge in [0.25, 0.3) is 5.91 Å². The second-order valence-electron chi connectivity index (χ2n) is 7.85. The minimum atomic E-state index is -0.325. The lowest BCUT2D eigenvalue weighted by molar-refractivity contribution is -0.115. The quantitative estimate of drug-likeness (QED) is 0.668. The third-order valence-electron chi connectivity index (χ3n) is 5.58. The molecule has 0 unspecified atom stereocenters. The van der Waals surface area contributed by atoms with Crippen molar-refractivity contribution in [2.75, 3.05) is 36.4 Å². The van der Waals surface area contributed by atoms with E-state index in [1.54, 1.807) is 18.3 Å². The van der Waals surface area contributed by atoms with Crippen LogP contribution in [-0.2, 0) is 11.2 Å². The summed E-state index contributed by atoms with van der Waals surface area (Å²) >= 11 is 0. The molecule has 2 aromatic carbocycles. The highest BCUT2D eigenvalue weighted by Crippen LogP contribution is 2.18. The van der Waals surface area contributed by atoms with Gasteiger partial charge in [-0.3, -0.25) is 9.59 Å². The molecular weight excluding hydrogens is 407 g/mol. The Morgan fingerprint density at radius 1 is 0.969 bits per heavy atom. The van der Waals surface area contributed by atoms with Crippen LogP contribution in [0.3, 0.4) is 0 Å². The van der Waals surface area contributed by atoms with Crippen molar-refractivity contribution < 1.29 is 14.0 Å². The zero-order valence-corrected chi connectivity index (χ0v) is 17.9. The molecule has 0 radical (unpaired) electrons. The van der Waals surface area contributed by atoms with Gasteiger partial charge in [-0.2, -0.15) is 0 Å². The van der Waals surface area contributed by atoms with Crippen molar-refractivity contribution in [1.82, 2.24) is 9.88 Å². The molecule has 0 atom stereocenters. The first-order valence-electron chi connectivity index (χ1n) is 10.6. The predicted octanol–water partition coefficient (Wildman–Crippen LogP) is 3.67. The number of halogens is 1. The van der Waals surface area contributed by atoms with E-state index >= 15 is 0 Å². The number of aromatic nitrogens is 1. The molecule has 1 fully saturated rings. The SMILES string of the molecule is Cc1ccccc1C(=O)N1CCN(c2ccc(NC(=O)Cc3ccc(F)cc3)cn2)CC1. The molecule has 1 aromatic heterocycles. The van der Waals surface area contributed by atoms with Crippen LogP contribution in [0.1, 0.15) is 21.5 Å². The molecule has 2 heterocycles. The van der Waals surface area contributed by atoms with Crippen molar-refractivity contribution in [3.8, 4) is 0 Å². The van der Waals surface area contributed by atoms with Gasteiger partial charge in [0, 0.05) is 31.7 Å². The first-order valence-corrected chi connectivity index (χ1v) is 10.6. The van der Waals surface area contributed by atoms with E-state index < -0.39 is 0 Å².